The van der Waals surface area contributed by atoms with Crippen molar-refractivity contribution in [1.29, 1.82) is 0 Å². The van der Waals surface area contributed by atoms with Gasteiger partial charge in [-0.1, -0.05) is 6.07 Å². The highest BCUT2D eigenvalue weighted by atomic mass is 79.9. The van der Waals surface area contributed by atoms with E-state index in [1.807, 2.05) is 0 Å². The first-order valence-corrected chi connectivity index (χ1v) is 5.00. The summed E-state index contributed by atoms with van der Waals surface area (Å²) in [5.41, 5.74) is -0.00934. The number of hydrogen-bond acceptors (Lipinski definition) is 4. The summed E-state index contributed by atoms with van der Waals surface area (Å²) < 4.78 is 10.5. The van der Waals surface area contributed by atoms with Gasteiger partial charge in [0.15, 0.2) is 0 Å². The van der Waals surface area contributed by atoms with E-state index in [4.69, 9.17) is 9.47 Å². The Balaban J connectivity index is 2.80. The topological polar surface area (TPSA) is 61.6 Å². The van der Waals surface area contributed by atoms with Gasteiger partial charge in [-0.3, -0.25) is 10.1 Å². The van der Waals surface area contributed by atoms with Gasteiger partial charge < -0.3 is 9.47 Å². The van der Waals surface area contributed by atoms with Gasteiger partial charge in [-0.05, 0) is 22.0 Å². The summed E-state index contributed by atoms with van der Waals surface area (Å²) in [4.78, 5) is 10.1. The molecule has 6 heteroatoms. The molecule has 0 aliphatic heterocycles. The van der Waals surface area contributed by atoms with Gasteiger partial charge in [-0.2, -0.15) is 0 Å². The summed E-state index contributed by atoms with van der Waals surface area (Å²) in [6.07, 6.45) is 0. The smallest absolute Gasteiger partial charge is 0.287 e. The number of ether oxygens (including phenoxy) is 2. The molecule has 0 aromatic heterocycles. The first-order valence-electron chi connectivity index (χ1n) is 4.21. The van der Waals surface area contributed by atoms with Gasteiger partial charge >= 0.3 is 0 Å². The average molecular weight is 276 g/mol. The van der Waals surface area contributed by atoms with Crippen LogP contribution < -0.4 is 4.74 Å². The van der Waals surface area contributed by atoms with E-state index in [1.165, 1.54) is 6.07 Å². The van der Waals surface area contributed by atoms with Crippen LogP contribution in [0.1, 0.15) is 0 Å². The molecule has 0 aliphatic rings. The van der Waals surface area contributed by atoms with Crippen molar-refractivity contribution in [3.63, 3.8) is 0 Å². The van der Waals surface area contributed by atoms with E-state index in [0.29, 0.717) is 23.4 Å². The Morgan fingerprint density at radius 3 is 2.80 bits per heavy atom. The average Bonchev–Trinajstić information content (AvgIpc) is 2.20. The second-order valence-electron chi connectivity index (χ2n) is 2.69. The second-order valence-corrected chi connectivity index (χ2v) is 3.48. The zero-order valence-electron chi connectivity index (χ0n) is 8.10. The van der Waals surface area contributed by atoms with Crippen LogP contribution in [0.3, 0.4) is 0 Å². The lowest BCUT2D eigenvalue weighted by atomic mass is 10.3. The molecule has 0 spiro atoms. The number of rotatable bonds is 5. The van der Waals surface area contributed by atoms with Gasteiger partial charge in [0.05, 0.1) is 11.5 Å². The quantitative estimate of drug-likeness (QED) is 0.470. The Morgan fingerprint density at radius 1 is 1.47 bits per heavy atom. The summed E-state index contributed by atoms with van der Waals surface area (Å²) in [7, 11) is 1.56. The molecule has 0 saturated heterocycles. The zero-order chi connectivity index (χ0) is 11.3. The molecule has 0 saturated carbocycles. The van der Waals surface area contributed by atoms with Gasteiger partial charge in [-0.25, -0.2) is 0 Å². The van der Waals surface area contributed by atoms with Crippen LogP contribution in [0.4, 0.5) is 5.69 Å². The standard InChI is InChI=1S/C9H10BrNO4/c1-14-5-6-15-8-4-2-3-7(9(8)10)11(12)13/h2-4H,5-6H2,1H3. The maximum atomic E-state index is 10.6. The number of nitro benzene ring substituents is 1. The van der Waals surface area contributed by atoms with E-state index in [9.17, 15) is 10.1 Å². The molecule has 0 amide bonds. The van der Waals surface area contributed by atoms with Crippen LogP contribution in [0, 0.1) is 10.1 Å². The van der Waals surface area contributed by atoms with Crippen molar-refractivity contribution in [3.05, 3.63) is 32.8 Å². The van der Waals surface area contributed by atoms with E-state index < -0.39 is 4.92 Å². The van der Waals surface area contributed by atoms with E-state index in [-0.39, 0.29) is 5.69 Å². The molecule has 0 unspecified atom stereocenters. The molecule has 0 fully saturated rings. The van der Waals surface area contributed by atoms with Crippen LogP contribution in [0.5, 0.6) is 5.75 Å². The van der Waals surface area contributed by atoms with Gasteiger partial charge in [0.25, 0.3) is 5.69 Å². The summed E-state index contributed by atoms with van der Waals surface area (Å²) in [5.74, 6) is 0.446. The Kier molecular flexibility index (Phi) is 4.51. The number of hydrogen-bond donors (Lipinski definition) is 0. The fourth-order valence-corrected chi connectivity index (χ4v) is 1.51. The minimum Gasteiger partial charge on any atom is -0.490 e. The molecule has 1 aromatic rings. The third kappa shape index (κ3) is 3.17. The van der Waals surface area contributed by atoms with Gasteiger partial charge in [-0.15, -0.1) is 0 Å². The zero-order valence-corrected chi connectivity index (χ0v) is 9.69. The van der Waals surface area contributed by atoms with Crippen molar-refractivity contribution in [2.45, 2.75) is 0 Å². The van der Waals surface area contributed by atoms with E-state index in [2.05, 4.69) is 15.9 Å². The van der Waals surface area contributed by atoms with Crippen LogP contribution >= 0.6 is 15.9 Å². The van der Waals surface area contributed by atoms with Crippen LogP contribution in [0.25, 0.3) is 0 Å². The summed E-state index contributed by atoms with van der Waals surface area (Å²) in [5, 5.41) is 10.6. The van der Waals surface area contributed by atoms with Gasteiger partial charge in [0.1, 0.15) is 16.8 Å². The molecule has 15 heavy (non-hydrogen) atoms. The number of benzene rings is 1. The van der Waals surface area contributed by atoms with Crippen molar-refractivity contribution in [3.8, 4) is 5.75 Å². The number of methoxy groups -OCH3 is 1. The van der Waals surface area contributed by atoms with Crippen molar-refractivity contribution < 1.29 is 14.4 Å². The fourth-order valence-electron chi connectivity index (χ4n) is 0.987. The predicted molar refractivity (Wildman–Crippen MR) is 58.2 cm³/mol. The Bertz CT molecular complexity index is 356. The highest BCUT2D eigenvalue weighted by molar-refractivity contribution is 9.10. The van der Waals surface area contributed by atoms with Crippen LogP contribution in [0.2, 0.25) is 0 Å². The van der Waals surface area contributed by atoms with E-state index >= 15 is 0 Å². The molecule has 0 bridgehead atoms. The minimum atomic E-state index is -0.465. The van der Waals surface area contributed by atoms with E-state index in [1.54, 1.807) is 19.2 Å². The molecule has 0 atom stereocenters. The lowest BCUT2D eigenvalue weighted by Crippen LogP contribution is -2.05. The fraction of sp³-hybridized carbons (Fsp3) is 0.333. The normalized spacial score (nSPS) is 10.0. The summed E-state index contributed by atoms with van der Waals surface area (Å²) in [6, 6.07) is 4.64. The highest BCUT2D eigenvalue weighted by Crippen LogP contribution is 2.33. The number of halogens is 1. The molecule has 1 rings (SSSR count). The molecular formula is C9H10BrNO4. The molecule has 0 aliphatic carbocycles. The van der Waals surface area contributed by atoms with Gasteiger partial charge in [0.2, 0.25) is 0 Å². The van der Waals surface area contributed by atoms with Crippen molar-refractivity contribution in [2.75, 3.05) is 20.3 Å². The third-order valence-electron chi connectivity index (χ3n) is 1.68. The Morgan fingerprint density at radius 2 is 2.20 bits per heavy atom. The van der Waals surface area contributed by atoms with Gasteiger partial charge in [0, 0.05) is 13.2 Å². The lowest BCUT2D eigenvalue weighted by molar-refractivity contribution is -0.385. The molecule has 1 aromatic carbocycles. The summed E-state index contributed by atoms with van der Waals surface area (Å²) in [6.45, 7) is 0.797. The predicted octanol–water partition coefficient (Wildman–Crippen LogP) is 2.38. The minimum absolute atomic E-state index is 0.00934. The molecule has 0 heterocycles. The number of nitrogens with zero attached hydrogens (tertiary/aromatic N) is 1. The largest absolute Gasteiger partial charge is 0.490 e. The van der Waals surface area contributed by atoms with Crippen molar-refractivity contribution in [2.24, 2.45) is 0 Å². The monoisotopic (exact) mass is 275 g/mol. The molecule has 0 N–H and O–H groups in total. The van der Waals surface area contributed by atoms with E-state index in [0.717, 1.165) is 0 Å². The Labute approximate surface area is 95.3 Å². The maximum absolute atomic E-state index is 10.6. The molecular weight excluding hydrogens is 266 g/mol. The first kappa shape index (κ1) is 11.9. The maximum Gasteiger partial charge on any atom is 0.287 e. The first-order chi connectivity index (χ1) is 7.16. The SMILES string of the molecule is COCCOc1cccc([N+](=O)[O-])c1Br. The van der Waals surface area contributed by atoms with Crippen molar-refractivity contribution in [1.82, 2.24) is 0 Å². The van der Waals surface area contributed by atoms with Crippen LogP contribution in [-0.4, -0.2) is 25.2 Å². The Hall–Kier alpha value is -1.14. The molecule has 5 nitrogen and oxygen atoms in total. The van der Waals surface area contributed by atoms with Crippen molar-refractivity contribution >= 4 is 21.6 Å². The van der Waals surface area contributed by atoms with Crippen LogP contribution in [0.15, 0.2) is 22.7 Å². The lowest BCUT2D eigenvalue weighted by Gasteiger charge is -2.07. The highest BCUT2D eigenvalue weighted by Gasteiger charge is 2.15. The summed E-state index contributed by atoms with van der Waals surface area (Å²) >= 11 is 3.13. The van der Waals surface area contributed by atoms with Crippen LogP contribution in [-0.2, 0) is 4.74 Å². The number of nitro groups is 1. The molecule has 82 valence electrons. The third-order valence-corrected chi connectivity index (χ3v) is 2.48. The molecule has 0 radical (unpaired) electrons. The second kappa shape index (κ2) is 5.67.